The fraction of sp³-hybridized carbons (Fsp3) is 0.417. The van der Waals surface area contributed by atoms with Crippen molar-refractivity contribution in [2.45, 2.75) is 43.4 Å². The Balaban J connectivity index is 1.69. The van der Waals surface area contributed by atoms with Crippen LogP contribution >= 0.6 is 0 Å². The summed E-state index contributed by atoms with van der Waals surface area (Å²) < 4.78 is 33.5. The van der Waals surface area contributed by atoms with E-state index in [0.717, 1.165) is 51.6 Å². The average Bonchev–Trinajstić information content (AvgIpc) is 2.85. The van der Waals surface area contributed by atoms with E-state index in [1.807, 2.05) is 0 Å². The van der Waals surface area contributed by atoms with Crippen LogP contribution in [0.4, 0.5) is 5.69 Å². The second-order valence-corrected chi connectivity index (χ2v) is 10.4. The van der Waals surface area contributed by atoms with Crippen molar-refractivity contribution in [3.05, 3.63) is 53.6 Å². The number of primary amides is 1. The Morgan fingerprint density at radius 2 is 1.52 bits per heavy atom. The largest absolute Gasteiger partial charge is 0.423 e. The lowest BCUT2D eigenvalue weighted by atomic mass is 10.1. The molecule has 2 aromatic rings. The van der Waals surface area contributed by atoms with E-state index in [-0.39, 0.29) is 21.8 Å². The van der Waals surface area contributed by atoms with Crippen LogP contribution in [0.5, 0.6) is 5.75 Å². The molecule has 0 aromatic heterocycles. The summed E-state index contributed by atoms with van der Waals surface area (Å²) in [6, 6.07) is 10.8. The van der Waals surface area contributed by atoms with Gasteiger partial charge in [-0.15, -0.1) is 0 Å². The highest BCUT2D eigenvalue weighted by Gasteiger charge is 2.29. The van der Waals surface area contributed by atoms with Gasteiger partial charge in [0.2, 0.25) is 15.9 Å². The highest BCUT2D eigenvalue weighted by molar-refractivity contribution is 7.89. The number of sulfonamides is 1. The molecule has 2 N–H and O–H groups in total. The van der Waals surface area contributed by atoms with E-state index in [2.05, 4.69) is 4.90 Å². The Hall–Kier alpha value is -2.91. The molecule has 2 heterocycles. The van der Waals surface area contributed by atoms with Crippen molar-refractivity contribution in [1.82, 2.24) is 4.31 Å². The number of nitrogens with zero attached hydrogens (tertiary/aromatic N) is 2. The minimum absolute atomic E-state index is 0.0861. The zero-order chi connectivity index (χ0) is 23.4. The van der Waals surface area contributed by atoms with Crippen LogP contribution in [0.2, 0.25) is 0 Å². The molecule has 0 unspecified atom stereocenters. The van der Waals surface area contributed by atoms with Crippen LogP contribution < -0.4 is 15.4 Å². The molecular formula is C24H29N3O5S. The number of benzene rings is 2. The highest BCUT2D eigenvalue weighted by atomic mass is 32.2. The fourth-order valence-corrected chi connectivity index (χ4v) is 5.92. The van der Waals surface area contributed by atoms with Gasteiger partial charge in [-0.25, -0.2) is 13.2 Å². The molecular weight excluding hydrogens is 442 g/mol. The number of amides is 1. The molecule has 176 valence electrons. The summed E-state index contributed by atoms with van der Waals surface area (Å²) in [5.41, 5.74) is 6.40. The van der Waals surface area contributed by atoms with Crippen LogP contribution in [-0.2, 0) is 10.0 Å². The van der Waals surface area contributed by atoms with E-state index in [4.69, 9.17) is 10.5 Å². The summed E-state index contributed by atoms with van der Waals surface area (Å²) in [5, 5.41) is 0. The lowest BCUT2D eigenvalue weighted by molar-refractivity contribution is 0.0734. The maximum atomic E-state index is 13.2. The number of hydrogen-bond donors (Lipinski definition) is 1. The summed E-state index contributed by atoms with van der Waals surface area (Å²) in [7, 11) is -3.71. The third-order valence-electron chi connectivity index (χ3n) is 6.17. The number of piperidine rings is 2. The molecule has 2 fully saturated rings. The zero-order valence-electron chi connectivity index (χ0n) is 18.5. The van der Waals surface area contributed by atoms with Gasteiger partial charge in [-0.2, -0.15) is 4.31 Å². The van der Waals surface area contributed by atoms with Gasteiger partial charge in [0, 0.05) is 31.7 Å². The number of esters is 1. The van der Waals surface area contributed by atoms with Crippen molar-refractivity contribution in [1.29, 1.82) is 0 Å². The van der Waals surface area contributed by atoms with Crippen molar-refractivity contribution >= 4 is 27.6 Å². The molecule has 4 rings (SSSR count). The monoisotopic (exact) mass is 471 g/mol. The second kappa shape index (κ2) is 9.93. The molecule has 0 radical (unpaired) electrons. The molecule has 0 saturated carbocycles. The van der Waals surface area contributed by atoms with Crippen molar-refractivity contribution in [3.8, 4) is 5.75 Å². The molecule has 2 aromatic carbocycles. The first-order chi connectivity index (χ1) is 15.9. The molecule has 2 aliphatic rings. The number of carbonyl (C=O) groups excluding carboxylic acids is 2. The molecule has 33 heavy (non-hydrogen) atoms. The first-order valence-corrected chi connectivity index (χ1v) is 12.8. The predicted octanol–water partition coefficient (Wildman–Crippen LogP) is 3.17. The van der Waals surface area contributed by atoms with E-state index in [1.54, 1.807) is 24.3 Å². The fourth-order valence-electron chi connectivity index (χ4n) is 4.38. The molecule has 8 nitrogen and oxygen atoms in total. The van der Waals surface area contributed by atoms with Crippen molar-refractivity contribution in [2.24, 2.45) is 5.73 Å². The van der Waals surface area contributed by atoms with Crippen LogP contribution in [0.1, 0.15) is 59.2 Å². The number of anilines is 1. The van der Waals surface area contributed by atoms with Crippen LogP contribution in [0.25, 0.3) is 0 Å². The van der Waals surface area contributed by atoms with E-state index in [1.165, 1.54) is 22.5 Å². The minimum Gasteiger partial charge on any atom is -0.423 e. The van der Waals surface area contributed by atoms with Gasteiger partial charge in [0.25, 0.3) is 0 Å². The Kier molecular flexibility index (Phi) is 6.99. The van der Waals surface area contributed by atoms with Crippen LogP contribution in [0.15, 0.2) is 47.4 Å². The number of carbonyl (C=O) groups is 2. The molecule has 2 aliphatic heterocycles. The number of ether oxygens (including phenoxy) is 1. The van der Waals surface area contributed by atoms with Crippen molar-refractivity contribution in [3.63, 3.8) is 0 Å². The SMILES string of the molecule is NC(=O)c1cccc(OC(=O)c2cc(S(=O)(=O)N3CCCCC3)ccc2N2CCCCC2)c1. The van der Waals surface area contributed by atoms with Gasteiger partial charge in [-0.3, -0.25) is 4.79 Å². The van der Waals surface area contributed by atoms with E-state index < -0.39 is 21.9 Å². The van der Waals surface area contributed by atoms with Crippen LogP contribution in [-0.4, -0.2) is 50.8 Å². The number of nitrogens with two attached hydrogens (primary N) is 1. The smallest absolute Gasteiger partial charge is 0.345 e. The lowest BCUT2D eigenvalue weighted by Gasteiger charge is -2.31. The van der Waals surface area contributed by atoms with Gasteiger partial charge in [-0.1, -0.05) is 12.5 Å². The van der Waals surface area contributed by atoms with Gasteiger partial charge >= 0.3 is 5.97 Å². The van der Waals surface area contributed by atoms with E-state index in [9.17, 15) is 18.0 Å². The maximum absolute atomic E-state index is 13.2. The Bertz CT molecular complexity index is 1140. The second-order valence-electron chi connectivity index (χ2n) is 8.47. The van der Waals surface area contributed by atoms with Crippen molar-refractivity contribution < 1.29 is 22.7 Å². The quantitative estimate of drug-likeness (QED) is 0.512. The first kappa shape index (κ1) is 23.3. The first-order valence-electron chi connectivity index (χ1n) is 11.4. The van der Waals surface area contributed by atoms with Crippen LogP contribution in [0.3, 0.4) is 0 Å². The van der Waals surface area contributed by atoms with Crippen LogP contribution in [0, 0.1) is 0 Å². The Labute approximate surface area is 194 Å². The zero-order valence-corrected chi connectivity index (χ0v) is 19.4. The molecule has 1 amide bonds. The van der Waals surface area contributed by atoms with Gasteiger partial charge in [0.1, 0.15) is 5.75 Å². The molecule has 0 bridgehead atoms. The lowest BCUT2D eigenvalue weighted by Crippen LogP contribution is -2.36. The average molecular weight is 472 g/mol. The number of rotatable bonds is 6. The van der Waals surface area contributed by atoms with Gasteiger partial charge < -0.3 is 15.4 Å². The van der Waals surface area contributed by atoms with E-state index in [0.29, 0.717) is 18.8 Å². The van der Waals surface area contributed by atoms with E-state index >= 15 is 0 Å². The minimum atomic E-state index is -3.71. The summed E-state index contributed by atoms with van der Waals surface area (Å²) in [6.07, 6.45) is 5.80. The number of hydrogen-bond acceptors (Lipinski definition) is 6. The third-order valence-corrected chi connectivity index (χ3v) is 8.06. The molecule has 0 atom stereocenters. The van der Waals surface area contributed by atoms with Gasteiger partial charge in [-0.05, 0) is 68.5 Å². The van der Waals surface area contributed by atoms with Gasteiger partial charge in [0.15, 0.2) is 0 Å². The summed E-state index contributed by atoms with van der Waals surface area (Å²) in [5.74, 6) is -1.13. The predicted molar refractivity (Wildman–Crippen MR) is 125 cm³/mol. The topological polar surface area (TPSA) is 110 Å². The summed E-state index contributed by atoms with van der Waals surface area (Å²) in [4.78, 5) is 26.9. The molecule has 0 spiro atoms. The normalized spacial score (nSPS) is 17.5. The Morgan fingerprint density at radius 3 is 2.18 bits per heavy atom. The molecule has 2 saturated heterocycles. The van der Waals surface area contributed by atoms with Gasteiger partial charge in [0.05, 0.1) is 16.1 Å². The third kappa shape index (κ3) is 5.20. The highest BCUT2D eigenvalue weighted by Crippen LogP contribution is 2.30. The standard InChI is InChI=1S/C24H29N3O5S/c25-23(28)18-8-7-9-19(16-18)32-24(29)21-17-20(33(30,31)27-14-5-2-6-15-27)10-11-22(21)26-12-3-1-4-13-26/h7-11,16-17H,1-6,12-15H2,(H2,25,28). The molecule has 0 aliphatic carbocycles. The summed E-state index contributed by atoms with van der Waals surface area (Å²) >= 11 is 0. The van der Waals surface area contributed by atoms with Crippen molar-refractivity contribution in [2.75, 3.05) is 31.1 Å². The molecule has 9 heteroatoms. The maximum Gasteiger partial charge on any atom is 0.345 e. The summed E-state index contributed by atoms with van der Waals surface area (Å²) in [6.45, 7) is 2.54. The Morgan fingerprint density at radius 1 is 0.848 bits per heavy atom.